The number of phenolic OH excluding ortho intramolecular Hbond substituents is 1. The highest BCUT2D eigenvalue weighted by atomic mass is 16.5. The highest BCUT2D eigenvalue weighted by Gasteiger charge is 2.12. The van der Waals surface area contributed by atoms with E-state index >= 15 is 0 Å². The lowest BCUT2D eigenvalue weighted by Crippen LogP contribution is -1.81. The van der Waals surface area contributed by atoms with Crippen LogP contribution < -0.4 is 0 Å². The lowest BCUT2D eigenvalue weighted by Gasteiger charge is -2.05. The average molecular weight is 290 g/mol. The standard InChI is InChI=1S/C18H14N2O2/c1-11-3-2-4-13-15(10-19-18(11)13)12-5-6-16(21)14(9-12)17-7-8-20-22-17/h2-10,19,21H,1H3. The van der Waals surface area contributed by atoms with Crippen LogP contribution in [0, 0.1) is 6.92 Å². The van der Waals surface area contributed by atoms with E-state index in [9.17, 15) is 5.11 Å². The molecule has 0 spiro atoms. The van der Waals surface area contributed by atoms with Crippen LogP contribution in [0.5, 0.6) is 5.75 Å². The fourth-order valence-corrected chi connectivity index (χ4v) is 2.80. The summed E-state index contributed by atoms with van der Waals surface area (Å²) in [5.74, 6) is 0.729. The molecule has 2 N–H and O–H groups in total. The van der Waals surface area contributed by atoms with Crippen LogP contribution in [0.25, 0.3) is 33.4 Å². The summed E-state index contributed by atoms with van der Waals surface area (Å²) >= 11 is 0. The van der Waals surface area contributed by atoms with Crippen LogP contribution in [0.3, 0.4) is 0 Å². The normalized spacial score (nSPS) is 11.1. The number of fused-ring (bicyclic) bond motifs is 1. The number of hydrogen-bond acceptors (Lipinski definition) is 3. The van der Waals surface area contributed by atoms with Crippen molar-refractivity contribution >= 4 is 10.9 Å². The van der Waals surface area contributed by atoms with Gasteiger partial charge in [0.25, 0.3) is 0 Å². The minimum Gasteiger partial charge on any atom is -0.507 e. The second-order valence-electron chi connectivity index (χ2n) is 5.31. The SMILES string of the molecule is Cc1cccc2c(-c3ccc(O)c(-c4ccno4)c3)c[nH]c12. The van der Waals surface area contributed by atoms with Crippen LogP contribution in [-0.4, -0.2) is 15.2 Å². The van der Waals surface area contributed by atoms with Crippen LogP contribution in [-0.2, 0) is 0 Å². The van der Waals surface area contributed by atoms with E-state index in [2.05, 4.69) is 29.2 Å². The predicted molar refractivity (Wildman–Crippen MR) is 85.6 cm³/mol. The minimum atomic E-state index is 0.177. The zero-order valence-corrected chi connectivity index (χ0v) is 12.0. The second kappa shape index (κ2) is 4.77. The quantitative estimate of drug-likeness (QED) is 0.571. The van der Waals surface area contributed by atoms with E-state index in [-0.39, 0.29) is 5.75 Å². The van der Waals surface area contributed by atoms with Gasteiger partial charge in [-0.3, -0.25) is 0 Å². The number of benzene rings is 2. The maximum absolute atomic E-state index is 10.1. The molecule has 4 nitrogen and oxygen atoms in total. The average Bonchev–Trinajstić information content (AvgIpc) is 3.17. The van der Waals surface area contributed by atoms with E-state index in [1.54, 1.807) is 18.3 Å². The molecule has 0 aliphatic heterocycles. The third kappa shape index (κ3) is 1.89. The van der Waals surface area contributed by atoms with Crippen LogP contribution in [0.1, 0.15) is 5.56 Å². The first kappa shape index (κ1) is 12.7. The Morgan fingerprint density at radius 1 is 1.09 bits per heavy atom. The number of aryl methyl sites for hydroxylation is 1. The number of para-hydroxylation sites is 1. The van der Waals surface area contributed by atoms with Crippen molar-refractivity contribution in [3.8, 4) is 28.2 Å². The van der Waals surface area contributed by atoms with E-state index in [1.807, 2.05) is 24.4 Å². The fourth-order valence-electron chi connectivity index (χ4n) is 2.80. The van der Waals surface area contributed by atoms with Gasteiger partial charge in [0.05, 0.1) is 11.8 Å². The summed E-state index contributed by atoms with van der Waals surface area (Å²) in [6, 6.07) is 13.5. The summed E-state index contributed by atoms with van der Waals surface area (Å²) in [4.78, 5) is 3.33. The summed E-state index contributed by atoms with van der Waals surface area (Å²) < 4.78 is 5.16. The molecule has 108 valence electrons. The molecule has 4 aromatic rings. The van der Waals surface area contributed by atoms with Gasteiger partial charge in [-0.2, -0.15) is 0 Å². The molecular weight excluding hydrogens is 276 g/mol. The Hall–Kier alpha value is -3.01. The van der Waals surface area contributed by atoms with Crippen molar-refractivity contribution in [2.24, 2.45) is 0 Å². The first-order valence-electron chi connectivity index (χ1n) is 7.05. The first-order chi connectivity index (χ1) is 10.7. The fraction of sp³-hybridized carbons (Fsp3) is 0.0556. The van der Waals surface area contributed by atoms with Gasteiger partial charge < -0.3 is 14.6 Å². The number of aromatic nitrogens is 2. The molecule has 0 aliphatic carbocycles. The van der Waals surface area contributed by atoms with Crippen molar-refractivity contribution in [3.63, 3.8) is 0 Å². The molecule has 4 rings (SSSR count). The molecule has 0 unspecified atom stereocenters. The van der Waals surface area contributed by atoms with Crippen molar-refractivity contribution in [1.29, 1.82) is 0 Å². The van der Waals surface area contributed by atoms with E-state index in [0.29, 0.717) is 11.3 Å². The van der Waals surface area contributed by atoms with E-state index in [4.69, 9.17) is 4.52 Å². The molecular formula is C18H14N2O2. The predicted octanol–water partition coefficient (Wildman–Crippen LogP) is 4.50. The Balaban J connectivity index is 1.92. The number of aromatic amines is 1. The molecule has 0 aliphatic rings. The summed E-state index contributed by atoms with van der Waals surface area (Å²) in [5, 5.41) is 14.9. The molecule has 0 bridgehead atoms. The first-order valence-corrected chi connectivity index (χ1v) is 7.05. The third-order valence-corrected chi connectivity index (χ3v) is 3.93. The van der Waals surface area contributed by atoms with Gasteiger partial charge in [-0.1, -0.05) is 29.4 Å². The van der Waals surface area contributed by atoms with Crippen molar-refractivity contribution in [2.75, 3.05) is 0 Å². The lowest BCUT2D eigenvalue weighted by atomic mass is 10.00. The Kier molecular flexibility index (Phi) is 2.76. The number of rotatable bonds is 2. The zero-order valence-electron chi connectivity index (χ0n) is 12.0. The molecule has 0 saturated heterocycles. The highest BCUT2D eigenvalue weighted by molar-refractivity contribution is 5.97. The highest BCUT2D eigenvalue weighted by Crippen LogP contribution is 2.36. The maximum Gasteiger partial charge on any atom is 0.170 e. The van der Waals surface area contributed by atoms with Gasteiger partial charge in [-0.05, 0) is 30.2 Å². The molecule has 0 radical (unpaired) electrons. The smallest absolute Gasteiger partial charge is 0.170 e. The molecule has 2 aromatic carbocycles. The zero-order chi connectivity index (χ0) is 15.1. The monoisotopic (exact) mass is 290 g/mol. The Morgan fingerprint density at radius 2 is 2.00 bits per heavy atom. The van der Waals surface area contributed by atoms with Crippen molar-refractivity contribution < 1.29 is 9.63 Å². The van der Waals surface area contributed by atoms with Crippen molar-refractivity contribution in [2.45, 2.75) is 6.92 Å². The molecule has 0 saturated carbocycles. The molecule has 2 heterocycles. The van der Waals surface area contributed by atoms with Crippen LogP contribution in [0.4, 0.5) is 0 Å². The van der Waals surface area contributed by atoms with Crippen molar-refractivity contribution in [1.82, 2.24) is 10.1 Å². The number of H-pyrrole nitrogens is 1. The second-order valence-corrected chi connectivity index (χ2v) is 5.31. The van der Waals surface area contributed by atoms with Crippen LogP contribution >= 0.6 is 0 Å². The van der Waals surface area contributed by atoms with Gasteiger partial charge in [-0.25, -0.2) is 0 Å². The maximum atomic E-state index is 10.1. The number of hydrogen-bond donors (Lipinski definition) is 2. The Morgan fingerprint density at radius 3 is 2.82 bits per heavy atom. The summed E-state index contributed by atoms with van der Waals surface area (Å²) in [7, 11) is 0. The summed E-state index contributed by atoms with van der Waals surface area (Å²) in [5.41, 5.74) is 5.09. The van der Waals surface area contributed by atoms with Crippen LogP contribution in [0.2, 0.25) is 0 Å². The molecule has 4 heteroatoms. The summed E-state index contributed by atoms with van der Waals surface area (Å²) in [6.07, 6.45) is 3.56. The molecule has 22 heavy (non-hydrogen) atoms. The third-order valence-electron chi connectivity index (χ3n) is 3.93. The number of aromatic hydroxyl groups is 1. The van der Waals surface area contributed by atoms with E-state index in [1.165, 1.54) is 5.56 Å². The summed E-state index contributed by atoms with van der Waals surface area (Å²) in [6.45, 7) is 2.08. The number of phenols is 1. The van der Waals surface area contributed by atoms with Gasteiger partial charge in [0.15, 0.2) is 5.76 Å². The molecule has 0 fully saturated rings. The van der Waals surface area contributed by atoms with Gasteiger partial charge in [0.1, 0.15) is 5.75 Å². The van der Waals surface area contributed by atoms with Gasteiger partial charge in [0, 0.05) is 28.7 Å². The largest absolute Gasteiger partial charge is 0.507 e. The van der Waals surface area contributed by atoms with Gasteiger partial charge in [0.2, 0.25) is 0 Å². The Bertz CT molecular complexity index is 953. The van der Waals surface area contributed by atoms with Crippen molar-refractivity contribution in [3.05, 3.63) is 60.4 Å². The number of nitrogens with one attached hydrogen (secondary N) is 1. The molecule has 2 aromatic heterocycles. The molecule has 0 amide bonds. The van der Waals surface area contributed by atoms with E-state index in [0.717, 1.165) is 22.0 Å². The minimum absolute atomic E-state index is 0.177. The topological polar surface area (TPSA) is 62.1 Å². The lowest BCUT2D eigenvalue weighted by molar-refractivity contribution is 0.426. The van der Waals surface area contributed by atoms with E-state index < -0.39 is 0 Å². The van der Waals surface area contributed by atoms with Gasteiger partial charge >= 0.3 is 0 Å². The number of nitrogens with zero attached hydrogens (tertiary/aromatic N) is 1. The van der Waals surface area contributed by atoms with Gasteiger partial charge in [-0.15, -0.1) is 0 Å². The van der Waals surface area contributed by atoms with Crippen LogP contribution in [0.15, 0.2) is 59.4 Å². The Labute approximate surface area is 127 Å². The molecule has 0 atom stereocenters.